The molecule has 0 saturated heterocycles. The number of nitrogens with zero attached hydrogens (tertiary/aromatic N) is 1. The highest BCUT2D eigenvalue weighted by molar-refractivity contribution is 7.80. The van der Waals surface area contributed by atoms with Crippen LogP contribution in [-0.4, -0.2) is 16.4 Å². The maximum atomic E-state index is 13.2. The first-order valence-corrected chi connectivity index (χ1v) is 4.81. The third-order valence-electron chi connectivity index (χ3n) is 1.84. The highest BCUT2D eigenvalue weighted by atomic mass is 32.1. The van der Waals surface area contributed by atoms with Gasteiger partial charge in [-0.05, 0) is 24.4 Å². The summed E-state index contributed by atoms with van der Waals surface area (Å²) in [5.41, 5.74) is 4.95. The molecule has 4 N–H and O–H groups in total. The third-order valence-corrected chi connectivity index (χ3v) is 1.93. The zero-order valence-electron chi connectivity index (χ0n) is 8.62. The molecule has 0 fully saturated rings. The minimum atomic E-state index is -4.79. The van der Waals surface area contributed by atoms with Crippen LogP contribution in [0.15, 0.2) is 17.2 Å². The molecule has 0 unspecified atom stereocenters. The molecule has 1 aromatic rings. The Labute approximate surface area is 104 Å². The Kier molecular flexibility index (Phi) is 4.07. The van der Waals surface area contributed by atoms with Crippen LogP contribution >= 0.6 is 12.2 Å². The molecule has 0 bridgehead atoms. The van der Waals surface area contributed by atoms with Crippen molar-refractivity contribution in [1.82, 2.24) is 5.43 Å². The van der Waals surface area contributed by atoms with E-state index in [0.717, 1.165) is 0 Å². The van der Waals surface area contributed by atoms with Crippen LogP contribution in [0.5, 0.6) is 5.75 Å². The molecule has 0 aromatic heterocycles. The number of nitrogens with two attached hydrogens (primary N) is 1. The van der Waals surface area contributed by atoms with E-state index in [-0.39, 0.29) is 5.11 Å². The van der Waals surface area contributed by atoms with Gasteiger partial charge in [-0.2, -0.15) is 18.3 Å². The van der Waals surface area contributed by atoms with Gasteiger partial charge < -0.3 is 10.8 Å². The summed E-state index contributed by atoms with van der Waals surface area (Å²) in [7, 11) is 0. The van der Waals surface area contributed by atoms with E-state index < -0.39 is 28.9 Å². The molecule has 18 heavy (non-hydrogen) atoms. The zero-order chi connectivity index (χ0) is 13.9. The van der Waals surface area contributed by atoms with Crippen LogP contribution in [-0.2, 0) is 6.18 Å². The molecular weight excluding hydrogens is 274 g/mol. The molecule has 0 radical (unpaired) electrons. The normalized spacial score (nSPS) is 11.8. The molecular formula is C9H7F4N3OS. The van der Waals surface area contributed by atoms with Crippen molar-refractivity contribution in [3.63, 3.8) is 0 Å². The summed E-state index contributed by atoms with van der Waals surface area (Å²) >= 11 is 4.38. The lowest BCUT2D eigenvalue weighted by Crippen LogP contribution is -2.24. The van der Waals surface area contributed by atoms with Gasteiger partial charge in [-0.15, -0.1) is 0 Å². The van der Waals surface area contributed by atoms with E-state index in [4.69, 9.17) is 5.73 Å². The molecule has 0 atom stereocenters. The quantitative estimate of drug-likeness (QED) is 0.334. The van der Waals surface area contributed by atoms with Gasteiger partial charge in [0, 0.05) is 0 Å². The van der Waals surface area contributed by atoms with Gasteiger partial charge in [0.25, 0.3) is 0 Å². The maximum absolute atomic E-state index is 13.2. The fraction of sp³-hybridized carbons (Fsp3) is 0.111. The smallest absolute Gasteiger partial charge is 0.419 e. The second-order valence-electron chi connectivity index (χ2n) is 3.09. The lowest BCUT2D eigenvalue weighted by Gasteiger charge is -2.10. The fourth-order valence-electron chi connectivity index (χ4n) is 1.10. The van der Waals surface area contributed by atoms with Crippen molar-refractivity contribution in [2.24, 2.45) is 10.8 Å². The van der Waals surface area contributed by atoms with E-state index >= 15 is 0 Å². The van der Waals surface area contributed by atoms with Crippen molar-refractivity contribution < 1.29 is 22.7 Å². The number of hydrazone groups is 1. The molecule has 0 aliphatic rings. The molecule has 0 spiro atoms. The molecule has 1 aromatic carbocycles. The summed E-state index contributed by atoms with van der Waals surface area (Å²) in [6, 6.07) is 1.01. The van der Waals surface area contributed by atoms with Gasteiger partial charge in [-0.1, -0.05) is 0 Å². The van der Waals surface area contributed by atoms with Crippen molar-refractivity contribution in [1.29, 1.82) is 0 Å². The Balaban J connectivity index is 3.19. The number of halogens is 4. The Morgan fingerprint density at radius 3 is 2.56 bits per heavy atom. The van der Waals surface area contributed by atoms with Crippen LogP contribution in [0.3, 0.4) is 0 Å². The molecule has 0 aliphatic carbocycles. The number of phenols is 1. The van der Waals surface area contributed by atoms with Crippen molar-refractivity contribution >= 4 is 23.5 Å². The van der Waals surface area contributed by atoms with Crippen molar-refractivity contribution in [3.8, 4) is 5.75 Å². The number of benzene rings is 1. The minimum absolute atomic E-state index is 0.252. The Morgan fingerprint density at radius 2 is 2.06 bits per heavy atom. The summed E-state index contributed by atoms with van der Waals surface area (Å²) in [4.78, 5) is 0. The molecule has 0 amide bonds. The lowest BCUT2D eigenvalue weighted by atomic mass is 10.1. The molecule has 0 saturated carbocycles. The average molecular weight is 281 g/mol. The number of thiocarbonyl (C=S) groups is 1. The first kappa shape index (κ1) is 14.2. The maximum Gasteiger partial charge on any atom is 0.419 e. The van der Waals surface area contributed by atoms with Crippen LogP contribution in [0.2, 0.25) is 0 Å². The van der Waals surface area contributed by atoms with Crippen LogP contribution < -0.4 is 11.2 Å². The molecule has 9 heteroatoms. The Morgan fingerprint density at radius 1 is 1.44 bits per heavy atom. The first-order chi connectivity index (χ1) is 8.23. The van der Waals surface area contributed by atoms with Crippen LogP contribution in [0.1, 0.15) is 11.1 Å². The first-order valence-electron chi connectivity index (χ1n) is 4.40. The summed E-state index contributed by atoms with van der Waals surface area (Å²) in [5.74, 6) is -2.31. The summed E-state index contributed by atoms with van der Waals surface area (Å²) in [5, 5.41) is 12.4. The SMILES string of the molecule is NC(=S)NN=Cc1c(F)ccc(C(F)(F)F)c1O. The van der Waals surface area contributed by atoms with Gasteiger partial charge in [-0.25, -0.2) is 4.39 Å². The van der Waals surface area contributed by atoms with Crippen molar-refractivity contribution in [2.45, 2.75) is 6.18 Å². The van der Waals surface area contributed by atoms with Gasteiger partial charge in [0.15, 0.2) is 5.11 Å². The largest absolute Gasteiger partial charge is 0.507 e. The number of alkyl halides is 3. The molecule has 98 valence electrons. The van der Waals surface area contributed by atoms with Crippen LogP contribution in [0.4, 0.5) is 17.6 Å². The lowest BCUT2D eigenvalue weighted by molar-refractivity contribution is -0.138. The highest BCUT2D eigenvalue weighted by Crippen LogP contribution is 2.37. The predicted octanol–water partition coefficient (Wildman–Crippen LogP) is 1.72. The molecule has 0 heterocycles. The summed E-state index contributed by atoms with van der Waals surface area (Å²) in [6.07, 6.45) is -4.14. The van der Waals surface area contributed by atoms with Gasteiger partial charge in [0.05, 0.1) is 17.3 Å². The molecule has 0 aliphatic heterocycles. The van der Waals surface area contributed by atoms with E-state index in [2.05, 4.69) is 17.3 Å². The third kappa shape index (κ3) is 3.29. The molecule has 1 rings (SSSR count). The van der Waals surface area contributed by atoms with Gasteiger partial charge in [0.1, 0.15) is 11.6 Å². The standard InChI is InChI=1S/C9H7F4N3OS/c10-6-2-1-5(9(11,12)13)7(17)4(6)3-15-16-8(14)18/h1-3,17H,(H3,14,16,18). The Bertz CT molecular complexity index is 501. The van der Waals surface area contributed by atoms with E-state index in [1.807, 2.05) is 5.43 Å². The molecule has 4 nitrogen and oxygen atoms in total. The summed E-state index contributed by atoms with van der Waals surface area (Å²) < 4.78 is 50.5. The average Bonchev–Trinajstić information content (AvgIpc) is 2.20. The van der Waals surface area contributed by atoms with E-state index in [9.17, 15) is 22.7 Å². The summed E-state index contributed by atoms with van der Waals surface area (Å²) in [6.45, 7) is 0. The van der Waals surface area contributed by atoms with Gasteiger partial charge in [-0.3, -0.25) is 5.43 Å². The Hall–Kier alpha value is -1.90. The van der Waals surface area contributed by atoms with E-state index in [1.165, 1.54) is 0 Å². The zero-order valence-corrected chi connectivity index (χ0v) is 9.44. The van der Waals surface area contributed by atoms with Crippen LogP contribution in [0.25, 0.3) is 0 Å². The second-order valence-corrected chi connectivity index (χ2v) is 3.53. The topological polar surface area (TPSA) is 70.6 Å². The number of nitrogens with one attached hydrogen (secondary N) is 1. The van der Waals surface area contributed by atoms with E-state index in [0.29, 0.717) is 18.3 Å². The number of aromatic hydroxyl groups is 1. The minimum Gasteiger partial charge on any atom is -0.507 e. The number of hydrogen-bond donors (Lipinski definition) is 3. The predicted molar refractivity (Wildman–Crippen MR) is 60.6 cm³/mol. The van der Waals surface area contributed by atoms with Gasteiger partial charge >= 0.3 is 6.18 Å². The number of phenolic OH excluding ortho intramolecular Hbond substituents is 1. The monoisotopic (exact) mass is 281 g/mol. The number of hydrogen-bond acceptors (Lipinski definition) is 3. The van der Waals surface area contributed by atoms with Crippen molar-refractivity contribution in [2.75, 3.05) is 0 Å². The van der Waals surface area contributed by atoms with Gasteiger partial charge in [0.2, 0.25) is 0 Å². The van der Waals surface area contributed by atoms with Crippen LogP contribution in [0, 0.1) is 5.82 Å². The highest BCUT2D eigenvalue weighted by Gasteiger charge is 2.35. The number of rotatable bonds is 2. The van der Waals surface area contributed by atoms with E-state index in [1.54, 1.807) is 0 Å². The fourth-order valence-corrected chi connectivity index (χ4v) is 1.15. The van der Waals surface area contributed by atoms with Crippen molar-refractivity contribution in [3.05, 3.63) is 29.1 Å². The second kappa shape index (κ2) is 5.17.